The van der Waals surface area contributed by atoms with Crippen molar-refractivity contribution in [1.29, 1.82) is 0 Å². The molecule has 0 saturated heterocycles. The molecule has 3 aromatic carbocycles. The van der Waals surface area contributed by atoms with Gasteiger partial charge in [-0.15, -0.1) is 5.10 Å². The van der Waals surface area contributed by atoms with Crippen LogP contribution in [0.15, 0.2) is 76.5 Å². The van der Waals surface area contributed by atoms with Gasteiger partial charge in [0.1, 0.15) is 36.3 Å². The summed E-state index contributed by atoms with van der Waals surface area (Å²) in [5.74, 6) is -0.528. The van der Waals surface area contributed by atoms with Crippen molar-refractivity contribution in [3.8, 4) is 23.1 Å². The monoisotopic (exact) mass is 576 g/mol. The Morgan fingerprint density at radius 2 is 1.86 bits per heavy atom. The number of hydrogen-bond acceptors (Lipinski definition) is 11. The number of amides is 1. The Balaban J connectivity index is 1.29. The minimum Gasteiger partial charge on any atom is -0.493 e. The van der Waals surface area contributed by atoms with Crippen LogP contribution in [0, 0.1) is 11.6 Å². The van der Waals surface area contributed by atoms with E-state index in [1.165, 1.54) is 43.7 Å². The fourth-order valence-corrected chi connectivity index (χ4v) is 3.67. The van der Waals surface area contributed by atoms with Gasteiger partial charge in [0, 0.05) is 5.56 Å². The van der Waals surface area contributed by atoms with Crippen molar-refractivity contribution in [2.45, 2.75) is 13.2 Å². The average Bonchev–Trinajstić information content (AvgIpc) is 3.62. The predicted molar refractivity (Wildman–Crippen MR) is 143 cm³/mol. The van der Waals surface area contributed by atoms with Gasteiger partial charge >= 0.3 is 0 Å². The van der Waals surface area contributed by atoms with Gasteiger partial charge in [-0.1, -0.05) is 23.4 Å². The topological polar surface area (TPSA) is 165 Å². The lowest BCUT2D eigenvalue weighted by atomic mass is 10.2. The van der Waals surface area contributed by atoms with Crippen LogP contribution in [0.25, 0.3) is 5.82 Å². The summed E-state index contributed by atoms with van der Waals surface area (Å²) < 4.78 is 49.7. The lowest BCUT2D eigenvalue weighted by Gasteiger charge is -2.11. The predicted octanol–water partition coefficient (Wildman–Crippen LogP) is 3.44. The highest BCUT2D eigenvalue weighted by molar-refractivity contribution is 5.94. The van der Waals surface area contributed by atoms with Gasteiger partial charge in [-0.05, 0) is 64.4 Å². The van der Waals surface area contributed by atoms with Gasteiger partial charge in [0.05, 0.1) is 13.3 Å². The van der Waals surface area contributed by atoms with Crippen LogP contribution in [-0.2, 0) is 13.2 Å². The van der Waals surface area contributed by atoms with Crippen molar-refractivity contribution >= 4 is 17.9 Å². The molecule has 0 aliphatic rings. The van der Waals surface area contributed by atoms with Crippen LogP contribution in [0.1, 0.15) is 27.3 Å². The summed E-state index contributed by atoms with van der Waals surface area (Å²) in [6.07, 6.45) is 1.37. The number of benzene rings is 3. The van der Waals surface area contributed by atoms with E-state index in [1.54, 1.807) is 36.4 Å². The second-order valence-electron chi connectivity index (χ2n) is 8.50. The zero-order chi connectivity index (χ0) is 29.5. The van der Waals surface area contributed by atoms with Crippen molar-refractivity contribution in [1.82, 2.24) is 30.7 Å². The van der Waals surface area contributed by atoms with Crippen LogP contribution in [0.5, 0.6) is 17.2 Å². The van der Waals surface area contributed by atoms with E-state index < -0.39 is 11.7 Å². The average molecular weight is 577 g/mol. The molecule has 0 unspecified atom stereocenters. The number of carbonyl (C=O) groups excluding carboxylic acids is 1. The Morgan fingerprint density at radius 3 is 2.60 bits per heavy atom. The quantitative estimate of drug-likeness (QED) is 0.176. The molecule has 5 rings (SSSR count). The van der Waals surface area contributed by atoms with Gasteiger partial charge in [-0.3, -0.25) is 4.79 Å². The third-order valence-corrected chi connectivity index (χ3v) is 5.77. The highest BCUT2D eigenvalue weighted by atomic mass is 19.1. The lowest BCUT2D eigenvalue weighted by Crippen LogP contribution is -2.21. The first-order valence-corrected chi connectivity index (χ1v) is 12.2. The molecule has 0 fully saturated rings. The molecule has 0 radical (unpaired) electrons. The standard InChI is InChI=1S/C27H22F2N8O5/c1-39-23-12-16(6-11-22(23)41-14-17-4-2-3-5-20(17)29)13-31-33-27(38)24-21(15-40-19-9-7-18(28)8-10-19)37(36-32-24)26-25(30)34-42-35-26/h2-13H,14-15H2,1H3,(H2,30,34)(H,33,38). The molecule has 0 bridgehead atoms. The number of hydrogen-bond donors (Lipinski definition) is 2. The molecular formula is C27H22F2N8O5. The van der Waals surface area contributed by atoms with Crippen molar-refractivity contribution in [2.24, 2.45) is 5.10 Å². The van der Waals surface area contributed by atoms with E-state index in [0.29, 0.717) is 28.4 Å². The van der Waals surface area contributed by atoms with Crippen molar-refractivity contribution in [3.05, 3.63) is 101 Å². The molecule has 0 aliphatic heterocycles. The zero-order valence-electron chi connectivity index (χ0n) is 21.9. The van der Waals surface area contributed by atoms with Crippen LogP contribution in [0.4, 0.5) is 14.6 Å². The van der Waals surface area contributed by atoms with Gasteiger partial charge in [-0.2, -0.15) is 9.78 Å². The van der Waals surface area contributed by atoms with Gasteiger partial charge in [0.25, 0.3) is 5.91 Å². The van der Waals surface area contributed by atoms with E-state index in [9.17, 15) is 13.6 Å². The smallest absolute Gasteiger partial charge is 0.293 e. The number of nitrogens with two attached hydrogens (primary N) is 1. The largest absolute Gasteiger partial charge is 0.493 e. The number of carbonyl (C=O) groups is 1. The first-order valence-electron chi connectivity index (χ1n) is 12.2. The van der Waals surface area contributed by atoms with Crippen molar-refractivity contribution < 1.29 is 32.4 Å². The van der Waals surface area contributed by atoms with E-state index in [0.717, 1.165) is 4.68 Å². The number of halogens is 2. The highest BCUT2D eigenvalue weighted by Crippen LogP contribution is 2.28. The van der Waals surface area contributed by atoms with Crippen molar-refractivity contribution in [2.75, 3.05) is 12.8 Å². The summed E-state index contributed by atoms with van der Waals surface area (Å²) in [4.78, 5) is 13.0. The second kappa shape index (κ2) is 12.5. The fourth-order valence-electron chi connectivity index (χ4n) is 3.67. The molecule has 2 heterocycles. The molecule has 0 atom stereocenters. The molecule has 0 spiro atoms. The summed E-state index contributed by atoms with van der Waals surface area (Å²) in [7, 11) is 1.46. The van der Waals surface area contributed by atoms with Gasteiger partial charge in [-0.25, -0.2) is 18.8 Å². The first kappa shape index (κ1) is 27.7. The number of nitrogens with one attached hydrogen (secondary N) is 1. The molecule has 214 valence electrons. The molecule has 15 heteroatoms. The molecule has 2 aromatic heterocycles. The van der Waals surface area contributed by atoms with Crippen molar-refractivity contribution in [3.63, 3.8) is 0 Å². The number of methoxy groups -OCH3 is 1. The van der Waals surface area contributed by atoms with E-state index in [4.69, 9.17) is 19.9 Å². The number of rotatable bonds is 11. The van der Waals surface area contributed by atoms with Crippen LogP contribution in [0.3, 0.4) is 0 Å². The van der Waals surface area contributed by atoms with Gasteiger partial charge < -0.3 is 19.9 Å². The Labute approximate surface area is 236 Å². The molecule has 13 nitrogen and oxygen atoms in total. The summed E-state index contributed by atoms with van der Waals surface area (Å²) in [5.41, 5.74) is 9.12. The molecule has 3 N–H and O–H groups in total. The van der Waals surface area contributed by atoms with E-state index in [1.807, 2.05) is 0 Å². The molecule has 42 heavy (non-hydrogen) atoms. The first-order chi connectivity index (χ1) is 20.4. The van der Waals surface area contributed by atoms with Crippen LogP contribution < -0.4 is 25.4 Å². The number of hydrazone groups is 1. The molecule has 1 amide bonds. The number of nitrogen functional groups attached to an aromatic ring is 1. The summed E-state index contributed by atoms with van der Waals surface area (Å²) in [5, 5.41) is 19.0. The summed E-state index contributed by atoms with van der Waals surface area (Å²) in [6.45, 7) is -0.209. The van der Waals surface area contributed by atoms with Gasteiger partial charge in [0.15, 0.2) is 17.2 Å². The maximum atomic E-state index is 13.9. The molecule has 0 aliphatic carbocycles. The van der Waals surface area contributed by atoms with E-state index >= 15 is 0 Å². The Kier molecular flexibility index (Phi) is 8.27. The van der Waals surface area contributed by atoms with Gasteiger partial charge in [0.2, 0.25) is 11.6 Å². The Morgan fingerprint density at radius 1 is 1.05 bits per heavy atom. The third kappa shape index (κ3) is 6.30. The van der Waals surface area contributed by atoms with Crippen LogP contribution >= 0.6 is 0 Å². The zero-order valence-corrected chi connectivity index (χ0v) is 21.9. The van der Waals surface area contributed by atoms with Crippen LogP contribution in [-0.4, -0.2) is 44.5 Å². The minimum absolute atomic E-state index is 0.00726. The maximum absolute atomic E-state index is 13.9. The molecule has 0 saturated carbocycles. The summed E-state index contributed by atoms with van der Waals surface area (Å²) >= 11 is 0. The minimum atomic E-state index is -0.720. The normalized spacial score (nSPS) is 11.0. The number of ether oxygens (including phenoxy) is 3. The van der Waals surface area contributed by atoms with E-state index in [2.05, 4.69) is 35.8 Å². The maximum Gasteiger partial charge on any atom is 0.293 e. The SMILES string of the molecule is COc1cc(C=NNC(=O)c2nnn(-c3nonc3N)c2COc2ccc(F)cc2)ccc1OCc1ccccc1F. The molecule has 5 aromatic rings. The second-order valence-corrected chi connectivity index (χ2v) is 8.50. The lowest BCUT2D eigenvalue weighted by molar-refractivity contribution is 0.0947. The molecular weight excluding hydrogens is 554 g/mol. The number of anilines is 1. The Bertz CT molecular complexity index is 1720. The highest BCUT2D eigenvalue weighted by Gasteiger charge is 2.24. The van der Waals surface area contributed by atoms with E-state index in [-0.39, 0.29) is 42.1 Å². The number of aromatic nitrogens is 5. The fraction of sp³-hybridized carbons (Fsp3) is 0.111. The number of nitrogens with zero attached hydrogens (tertiary/aromatic N) is 6. The third-order valence-electron chi connectivity index (χ3n) is 5.77. The van der Waals surface area contributed by atoms with Crippen LogP contribution in [0.2, 0.25) is 0 Å². The Hall–Kier alpha value is -5.86. The summed E-state index contributed by atoms with van der Waals surface area (Å²) in [6, 6.07) is 16.5.